The average Bonchev–Trinajstić information content (AvgIpc) is 2.52. The van der Waals surface area contributed by atoms with Gasteiger partial charge < -0.3 is 10.1 Å². The van der Waals surface area contributed by atoms with E-state index in [9.17, 15) is 4.79 Å². The lowest BCUT2D eigenvalue weighted by atomic mass is 9.96. The Labute approximate surface area is 126 Å². The number of para-hydroxylation sites is 1. The van der Waals surface area contributed by atoms with Gasteiger partial charge >= 0.3 is 0 Å². The molecular weight excluding hydrogens is 262 g/mol. The lowest BCUT2D eigenvalue weighted by Crippen LogP contribution is -2.35. The van der Waals surface area contributed by atoms with Crippen molar-refractivity contribution in [3.8, 4) is 5.75 Å². The first-order valence-electron chi connectivity index (χ1n) is 7.19. The van der Waals surface area contributed by atoms with Gasteiger partial charge in [-0.2, -0.15) is 0 Å². The number of benzene rings is 2. The van der Waals surface area contributed by atoms with E-state index in [1.54, 1.807) is 0 Å². The molecule has 0 radical (unpaired) electrons. The first-order valence-corrected chi connectivity index (χ1v) is 7.19. The lowest BCUT2D eigenvalue weighted by molar-refractivity contribution is -0.124. The third kappa shape index (κ3) is 4.63. The Morgan fingerprint density at radius 3 is 2.14 bits per heavy atom. The SMILES string of the molecule is CC(C)[C@@H](NC(=O)COc1ccccc1)c1ccccc1. The molecule has 0 spiro atoms. The summed E-state index contributed by atoms with van der Waals surface area (Å²) in [6, 6.07) is 19.4. The summed E-state index contributed by atoms with van der Waals surface area (Å²) >= 11 is 0. The van der Waals surface area contributed by atoms with E-state index in [1.165, 1.54) is 0 Å². The quantitative estimate of drug-likeness (QED) is 0.880. The fraction of sp³-hybridized carbons (Fsp3) is 0.278. The van der Waals surface area contributed by atoms with Crippen molar-refractivity contribution in [1.29, 1.82) is 0 Å². The number of amides is 1. The molecule has 0 fully saturated rings. The van der Waals surface area contributed by atoms with Crippen LogP contribution in [-0.4, -0.2) is 12.5 Å². The summed E-state index contributed by atoms with van der Waals surface area (Å²) in [5.74, 6) is 0.905. The van der Waals surface area contributed by atoms with E-state index in [1.807, 2.05) is 60.7 Å². The molecule has 110 valence electrons. The highest BCUT2D eigenvalue weighted by atomic mass is 16.5. The van der Waals surface area contributed by atoms with Gasteiger partial charge in [0.15, 0.2) is 6.61 Å². The predicted molar refractivity (Wildman–Crippen MR) is 84.1 cm³/mol. The zero-order valence-electron chi connectivity index (χ0n) is 12.5. The zero-order valence-corrected chi connectivity index (χ0v) is 12.5. The third-order valence-electron chi connectivity index (χ3n) is 3.25. The van der Waals surface area contributed by atoms with Crippen molar-refractivity contribution in [2.45, 2.75) is 19.9 Å². The highest BCUT2D eigenvalue weighted by Crippen LogP contribution is 2.21. The molecule has 0 aromatic heterocycles. The number of hydrogen-bond acceptors (Lipinski definition) is 2. The Kier molecular flexibility index (Phi) is 5.38. The van der Waals surface area contributed by atoms with E-state index in [0.29, 0.717) is 11.7 Å². The largest absolute Gasteiger partial charge is 0.484 e. The van der Waals surface area contributed by atoms with Gasteiger partial charge in [-0.1, -0.05) is 62.4 Å². The van der Waals surface area contributed by atoms with Gasteiger partial charge in [-0.15, -0.1) is 0 Å². The highest BCUT2D eigenvalue weighted by molar-refractivity contribution is 5.78. The number of carbonyl (C=O) groups is 1. The molecule has 0 bridgehead atoms. The molecule has 0 heterocycles. The molecule has 0 unspecified atom stereocenters. The van der Waals surface area contributed by atoms with E-state index in [-0.39, 0.29) is 18.6 Å². The van der Waals surface area contributed by atoms with Crippen molar-refractivity contribution >= 4 is 5.91 Å². The van der Waals surface area contributed by atoms with Gasteiger partial charge in [0.25, 0.3) is 5.91 Å². The fourth-order valence-corrected chi connectivity index (χ4v) is 2.18. The third-order valence-corrected chi connectivity index (χ3v) is 3.25. The van der Waals surface area contributed by atoms with Crippen LogP contribution in [0.25, 0.3) is 0 Å². The van der Waals surface area contributed by atoms with Gasteiger partial charge in [0.2, 0.25) is 0 Å². The zero-order chi connectivity index (χ0) is 15.1. The molecule has 0 saturated carbocycles. The molecular formula is C18H21NO2. The standard InChI is InChI=1S/C18H21NO2/c1-14(2)18(15-9-5-3-6-10-15)19-17(20)13-21-16-11-7-4-8-12-16/h3-12,14,18H,13H2,1-2H3,(H,19,20)/t18-/m1/s1. The first kappa shape index (κ1) is 15.1. The number of carbonyl (C=O) groups excluding carboxylic acids is 1. The Hall–Kier alpha value is -2.29. The Morgan fingerprint density at radius 1 is 1.00 bits per heavy atom. The lowest BCUT2D eigenvalue weighted by Gasteiger charge is -2.23. The number of nitrogens with one attached hydrogen (secondary N) is 1. The van der Waals surface area contributed by atoms with E-state index in [2.05, 4.69) is 19.2 Å². The molecule has 1 N–H and O–H groups in total. The predicted octanol–water partition coefficient (Wildman–Crippen LogP) is 3.58. The highest BCUT2D eigenvalue weighted by Gasteiger charge is 2.18. The van der Waals surface area contributed by atoms with Crippen molar-refractivity contribution in [2.24, 2.45) is 5.92 Å². The van der Waals surface area contributed by atoms with Gasteiger partial charge in [-0.3, -0.25) is 4.79 Å². The van der Waals surface area contributed by atoms with Crippen LogP contribution in [0.15, 0.2) is 60.7 Å². The smallest absolute Gasteiger partial charge is 0.258 e. The molecule has 0 saturated heterocycles. The first-order chi connectivity index (χ1) is 10.2. The minimum absolute atomic E-state index is 0.00178. The number of rotatable bonds is 6. The molecule has 21 heavy (non-hydrogen) atoms. The molecule has 3 heteroatoms. The summed E-state index contributed by atoms with van der Waals surface area (Å²) in [5.41, 5.74) is 1.11. The molecule has 1 amide bonds. The van der Waals surface area contributed by atoms with Crippen LogP contribution in [0, 0.1) is 5.92 Å². The summed E-state index contributed by atoms with van der Waals surface area (Å²) < 4.78 is 5.47. The van der Waals surface area contributed by atoms with Crippen molar-refractivity contribution in [1.82, 2.24) is 5.32 Å². The van der Waals surface area contributed by atoms with E-state index in [4.69, 9.17) is 4.74 Å². The maximum absolute atomic E-state index is 12.1. The number of hydrogen-bond donors (Lipinski definition) is 1. The van der Waals surface area contributed by atoms with Crippen LogP contribution in [0.1, 0.15) is 25.5 Å². The summed E-state index contributed by atoms with van der Waals surface area (Å²) in [4.78, 5) is 12.1. The van der Waals surface area contributed by atoms with Gasteiger partial charge in [-0.05, 0) is 23.6 Å². The summed E-state index contributed by atoms with van der Waals surface area (Å²) in [6.07, 6.45) is 0. The Bertz CT molecular complexity index is 552. The summed E-state index contributed by atoms with van der Waals surface area (Å²) in [6.45, 7) is 4.21. The minimum Gasteiger partial charge on any atom is -0.484 e. The second-order valence-corrected chi connectivity index (χ2v) is 5.30. The molecule has 0 aliphatic carbocycles. The van der Waals surface area contributed by atoms with Crippen LogP contribution in [0.2, 0.25) is 0 Å². The van der Waals surface area contributed by atoms with Gasteiger partial charge in [0, 0.05) is 0 Å². The molecule has 2 aromatic carbocycles. The van der Waals surface area contributed by atoms with Gasteiger partial charge in [-0.25, -0.2) is 0 Å². The van der Waals surface area contributed by atoms with E-state index < -0.39 is 0 Å². The van der Waals surface area contributed by atoms with Crippen molar-refractivity contribution in [3.63, 3.8) is 0 Å². The molecule has 2 aromatic rings. The molecule has 3 nitrogen and oxygen atoms in total. The second-order valence-electron chi connectivity index (χ2n) is 5.30. The molecule has 0 aliphatic heterocycles. The van der Waals surface area contributed by atoms with E-state index in [0.717, 1.165) is 5.56 Å². The maximum Gasteiger partial charge on any atom is 0.258 e. The Morgan fingerprint density at radius 2 is 1.57 bits per heavy atom. The number of ether oxygens (including phenoxy) is 1. The van der Waals surface area contributed by atoms with Crippen molar-refractivity contribution in [3.05, 3.63) is 66.2 Å². The van der Waals surface area contributed by atoms with Crippen LogP contribution < -0.4 is 10.1 Å². The van der Waals surface area contributed by atoms with E-state index >= 15 is 0 Å². The Balaban J connectivity index is 1.93. The van der Waals surface area contributed by atoms with Crippen molar-refractivity contribution < 1.29 is 9.53 Å². The van der Waals surface area contributed by atoms with Crippen molar-refractivity contribution in [2.75, 3.05) is 6.61 Å². The molecule has 2 rings (SSSR count). The summed E-state index contributed by atoms with van der Waals surface area (Å²) in [7, 11) is 0. The topological polar surface area (TPSA) is 38.3 Å². The van der Waals surface area contributed by atoms with Crippen LogP contribution in [-0.2, 0) is 4.79 Å². The van der Waals surface area contributed by atoms with Crippen LogP contribution in [0.4, 0.5) is 0 Å². The minimum atomic E-state index is -0.110. The summed E-state index contributed by atoms with van der Waals surface area (Å²) in [5, 5.41) is 3.04. The van der Waals surface area contributed by atoms with Gasteiger partial charge in [0.05, 0.1) is 6.04 Å². The molecule has 1 atom stereocenters. The van der Waals surface area contributed by atoms with Crippen LogP contribution in [0.3, 0.4) is 0 Å². The van der Waals surface area contributed by atoms with Gasteiger partial charge in [0.1, 0.15) is 5.75 Å². The maximum atomic E-state index is 12.1. The van der Waals surface area contributed by atoms with Crippen LogP contribution >= 0.6 is 0 Å². The molecule has 0 aliphatic rings. The normalized spacial score (nSPS) is 12.0. The average molecular weight is 283 g/mol. The van der Waals surface area contributed by atoms with Crippen LogP contribution in [0.5, 0.6) is 5.75 Å². The second kappa shape index (κ2) is 7.48. The monoisotopic (exact) mass is 283 g/mol. The fourth-order valence-electron chi connectivity index (χ4n) is 2.18.